The summed E-state index contributed by atoms with van der Waals surface area (Å²) >= 11 is 0. The van der Waals surface area contributed by atoms with Gasteiger partial charge in [-0.05, 0) is 25.0 Å². The minimum absolute atomic E-state index is 0.132. The van der Waals surface area contributed by atoms with Gasteiger partial charge in [0.1, 0.15) is 6.61 Å². The van der Waals surface area contributed by atoms with Crippen LogP contribution >= 0.6 is 0 Å². The second-order valence-corrected chi connectivity index (χ2v) is 8.90. The Balaban J connectivity index is 1.52. The molecule has 36 heavy (non-hydrogen) atoms. The molecular formula is C24H30N8O4. The maximum Gasteiger partial charge on any atom is 0.318 e. The van der Waals surface area contributed by atoms with Gasteiger partial charge in [-0.3, -0.25) is 9.89 Å². The molecule has 2 saturated heterocycles. The van der Waals surface area contributed by atoms with Crippen LogP contribution in [-0.4, -0.2) is 95.2 Å². The molecule has 2 aliphatic heterocycles. The molecule has 4 N–H and O–H groups in total. The highest BCUT2D eigenvalue weighted by Crippen LogP contribution is 2.37. The smallest absolute Gasteiger partial charge is 0.318 e. The standard InChI is InChI=1S/C24H30N8O4/c1-25-24(35)26-17-4-2-15(3-5-17)20-19-21(16-6-8-31(9-7-16)18(34)14-33)29-30-22(19)28-23(27-20)32-10-12-36-13-11-32/h2-5,16,33H,6-14H2,1H3,(H2,25,26,35)(H,27,28,29,30). The van der Waals surface area contributed by atoms with Crippen LogP contribution in [0, 0.1) is 0 Å². The van der Waals surface area contributed by atoms with Crippen molar-refractivity contribution >= 4 is 34.6 Å². The van der Waals surface area contributed by atoms with Gasteiger partial charge in [-0.2, -0.15) is 10.1 Å². The number of morpholine rings is 1. The molecule has 0 saturated carbocycles. The lowest BCUT2D eigenvalue weighted by Crippen LogP contribution is -2.39. The first kappa shape index (κ1) is 23.9. The second kappa shape index (κ2) is 10.5. The van der Waals surface area contributed by atoms with Gasteiger partial charge in [-0.1, -0.05) is 12.1 Å². The number of urea groups is 1. The molecule has 190 valence electrons. The van der Waals surface area contributed by atoms with E-state index in [1.165, 1.54) is 0 Å². The van der Waals surface area contributed by atoms with Crippen LogP contribution < -0.4 is 15.5 Å². The number of nitrogens with zero attached hydrogens (tertiary/aromatic N) is 5. The minimum atomic E-state index is -0.469. The molecular weight excluding hydrogens is 464 g/mol. The molecule has 3 aromatic rings. The van der Waals surface area contributed by atoms with Crippen LogP contribution in [-0.2, 0) is 9.53 Å². The van der Waals surface area contributed by atoms with Gasteiger partial charge in [0.15, 0.2) is 5.65 Å². The van der Waals surface area contributed by atoms with Crippen molar-refractivity contribution in [1.29, 1.82) is 0 Å². The molecule has 0 aliphatic carbocycles. The fourth-order valence-electron chi connectivity index (χ4n) is 4.76. The molecule has 2 aliphatic rings. The Morgan fingerprint density at radius 2 is 1.83 bits per heavy atom. The molecule has 0 unspecified atom stereocenters. The first-order valence-corrected chi connectivity index (χ1v) is 12.1. The van der Waals surface area contributed by atoms with Crippen LogP contribution in [0.5, 0.6) is 0 Å². The number of carbonyl (C=O) groups is 2. The molecule has 2 fully saturated rings. The normalized spacial score (nSPS) is 16.8. The lowest BCUT2D eigenvalue weighted by atomic mass is 9.91. The first-order chi connectivity index (χ1) is 17.6. The molecule has 0 bridgehead atoms. The summed E-state index contributed by atoms with van der Waals surface area (Å²) in [4.78, 5) is 37.2. The fraction of sp³-hybridized carbons (Fsp3) is 0.458. The van der Waals surface area contributed by atoms with Gasteiger partial charge in [-0.25, -0.2) is 9.78 Å². The van der Waals surface area contributed by atoms with Crippen LogP contribution in [0.1, 0.15) is 24.5 Å². The summed E-state index contributed by atoms with van der Waals surface area (Å²) in [6, 6.07) is 7.24. The molecule has 0 radical (unpaired) electrons. The van der Waals surface area contributed by atoms with Crippen molar-refractivity contribution in [2.45, 2.75) is 18.8 Å². The molecule has 5 rings (SSSR count). The highest BCUT2D eigenvalue weighted by molar-refractivity contribution is 5.94. The number of hydrogen-bond donors (Lipinski definition) is 4. The highest BCUT2D eigenvalue weighted by atomic mass is 16.5. The highest BCUT2D eigenvalue weighted by Gasteiger charge is 2.29. The average Bonchev–Trinajstić information content (AvgIpc) is 3.37. The number of anilines is 2. The van der Waals surface area contributed by atoms with E-state index in [0.29, 0.717) is 56.7 Å². The Bertz CT molecular complexity index is 1230. The number of fused-ring (bicyclic) bond motifs is 1. The number of H-pyrrole nitrogens is 1. The van der Waals surface area contributed by atoms with Crippen LogP contribution in [0.3, 0.4) is 0 Å². The number of aliphatic hydroxyl groups excluding tert-OH is 1. The van der Waals surface area contributed by atoms with Gasteiger partial charge < -0.3 is 30.3 Å². The molecule has 12 heteroatoms. The number of aromatic amines is 1. The van der Waals surface area contributed by atoms with E-state index in [9.17, 15) is 14.7 Å². The predicted octanol–water partition coefficient (Wildman–Crippen LogP) is 1.31. The van der Waals surface area contributed by atoms with Crippen molar-refractivity contribution in [2.75, 3.05) is 63.3 Å². The van der Waals surface area contributed by atoms with Gasteiger partial charge in [0.25, 0.3) is 0 Å². The average molecular weight is 495 g/mol. The molecule has 12 nitrogen and oxygen atoms in total. The Hall–Kier alpha value is -3.77. The third kappa shape index (κ3) is 4.82. The molecule has 2 aromatic heterocycles. The largest absolute Gasteiger partial charge is 0.387 e. The summed E-state index contributed by atoms with van der Waals surface area (Å²) in [5.74, 6) is 0.504. The summed E-state index contributed by atoms with van der Waals surface area (Å²) in [6.45, 7) is 3.33. The van der Waals surface area contributed by atoms with E-state index in [1.54, 1.807) is 11.9 Å². The van der Waals surface area contributed by atoms with Crippen molar-refractivity contribution in [1.82, 2.24) is 30.4 Å². The number of rotatable bonds is 5. The molecule has 4 heterocycles. The molecule has 0 atom stereocenters. The van der Waals surface area contributed by atoms with Crippen LogP contribution in [0.4, 0.5) is 16.4 Å². The monoisotopic (exact) mass is 494 g/mol. The predicted molar refractivity (Wildman–Crippen MR) is 134 cm³/mol. The van der Waals surface area contributed by atoms with E-state index in [-0.39, 0.29) is 17.9 Å². The molecule has 3 amide bonds. The van der Waals surface area contributed by atoms with E-state index in [1.807, 2.05) is 24.3 Å². The van der Waals surface area contributed by atoms with Gasteiger partial charge >= 0.3 is 6.03 Å². The summed E-state index contributed by atoms with van der Waals surface area (Å²) in [6.07, 6.45) is 1.48. The number of carbonyl (C=O) groups excluding carboxylic acids is 2. The molecule has 0 spiro atoms. The Morgan fingerprint density at radius 1 is 1.11 bits per heavy atom. The van der Waals surface area contributed by atoms with Crippen molar-refractivity contribution in [3.63, 3.8) is 0 Å². The number of aromatic nitrogens is 4. The maximum atomic E-state index is 11.9. The van der Waals surface area contributed by atoms with E-state index >= 15 is 0 Å². The van der Waals surface area contributed by atoms with Gasteiger partial charge in [0, 0.05) is 50.4 Å². The minimum Gasteiger partial charge on any atom is -0.387 e. The second-order valence-electron chi connectivity index (χ2n) is 8.90. The van der Waals surface area contributed by atoms with Gasteiger partial charge in [-0.15, -0.1) is 0 Å². The summed E-state index contributed by atoms with van der Waals surface area (Å²) < 4.78 is 5.49. The van der Waals surface area contributed by atoms with Crippen LogP contribution in [0.25, 0.3) is 22.3 Å². The third-order valence-corrected chi connectivity index (χ3v) is 6.74. The Labute approximate surface area is 208 Å². The van der Waals surface area contributed by atoms with Crippen molar-refractivity contribution in [3.8, 4) is 11.3 Å². The quantitative estimate of drug-likeness (QED) is 0.415. The van der Waals surface area contributed by atoms with Crippen molar-refractivity contribution < 1.29 is 19.4 Å². The van der Waals surface area contributed by atoms with Crippen molar-refractivity contribution in [2.24, 2.45) is 0 Å². The first-order valence-electron chi connectivity index (χ1n) is 12.1. The summed E-state index contributed by atoms with van der Waals surface area (Å²) in [5, 5.41) is 23.2. The van der Waals surface area contributed by atoms with Gasteiger partial charge in [0.2, 0.25) is 11.9 Å². The van der Waals surface area contributed by atoms with Crippen LogP contribution in [0.15, 0.2) is 24.3 Å². The number of hydrogen-bond acceptors (Lipinski definition) is 8. The molecule has 1 aromatic carbocycles. The lowest BCUT2D eigenvalue weighted by molar-refractivity contribution is -0.135. The lowest BCUT2D eigenvalue weighted by Gasteiger charge is -2.31. The SMILES string of the molecule is CNC(=O)Nc1ccc(-c2nc(N3CCOCC3)nc3[nH]nc(C4CCN(C(=O)CO)CC4)c23)cc1. The van der Waals surface area contributed by atoms with E-state index < -0.39 is 6.61 Å². The number of nitrogens with one attached hydrogen (secondary N) is 3. The Kier molecular flexibility index (Phi) is 6.96. The summed E-state index contributed by atoms with van der Waals surface area (Å²) in [5.41, 5.74) is 3.88. The maximum absolute atomic E-state index is 11.9. The zero-order chi connectivity index (χ0) is 25.1. The Morgan fingerprint density at radius 3 is 2.50 bits per heavy atom. The van der Waals surface area contributed by atoms with Crippen molar-refractivity contribution in [3.05, 3.63) is 30.0 Å². The topological polar surface area (TPSA) is 149 Å². The van der Waals surface area contributed by atoms with Gasteiger partial charge in [0.05, 0.1) is 30.0 Å². The zero-order valence-electron chi connectivity index (χ0n) is 20.2. The number of piperidine rings is 1. The number of aliphatic hydroxyl groups is 1. The number of likely N-dealkylation sites (tertiary alicyclic amines) is 1. The third-order valence-electron chi connectivity index (χ3n) is 6.74. The zero-order valence-corrected chi connectivity index (χ0v) is 20.2. The fourth-order valence-corrected chi connectivity index (χ4v) is 4.76. The number of amides is 3. The van der Waals surface area contributed by atoms with E-state index in [4.69, 9.17) is 14.7 Å². The van der Waals surface area contributed by atoms with E-state index in [0.717, 1.165) is 35.2 Å². The van der Waals surface area contributed by atoms with E-state index in [2.05, 4.69) is 25.7 Å². The number of ether oxygens (including phenoxy) is 1. The summed E-state index contributed by atoms with van der Waals surface area (Å²) in [7, 11) is 1.57. The van der Waals surface area contributed by atoms with Crippen LogP contribution in [0.2, 0.25) is 0 Å². The number of benzene rings is 1.